The van der Waals surface area contributed by atoms with Crippen molar-refractivity contribution in [3.05, 3.63) is 24.0 Å². The van der Waals surface area contributed by atoms with Crippen molar-refractivity contribution in [1.82, 2.24) is 19.2 Å². The van der Waals surface area contributed by atoms with Crippen molar-refractivity contribution in [3.63, 3.8) is 0 Å². The number of nitrogens with zero attached hydrogens (tertiary/aromatic N) is 3. The molecule has 3 rings (SSSR count). The van der Waals surface area contributed by atoms with E-state index in [9.17, 15) is 13.2 Å². The van der Waals surface area contributed by atoms with E-state index < -0.39 is 10.0 Å². The molecule has 0 bridgehead atoms. The third kappa shape index (κ3) is 5.17. The van der Waals surface area contributed by atoms with E-state index in [1.807, 2.05) is 17.7 Å². The fourth-order valence-electron chi connectivity index (χ4n) is 3.68. The molecule has 160 valence electrons. The number of rotatable bonds is 8. The summed E-state index contributed by atoms with van der Waals surface area (Å²) in [6.45, 7) is 6.12. The zero-order valence-corrected chi connectivity index (χ0v) is 18.5. The summed E-state index contributed by atoms with van der Waals surface area (Å²) in [5.41, 5.74) is 1.53. The lowest BCUT2D eigenvalue weighted by Gasteiger charge is -2.25. The number of fused-ring (bicyclic) bond motifs is 1. The second-order valence-corrected chi connectivity index (χ2v) is 10.2. The minimum Gasteiger partial charge on any atom is -0.356 e. The first-order valence-electron chi connectivity index (χ1n) is 10.5. The first-order chi connectivity index (χ1) is 13.8. The van der Waals surface area contributed by atoms with E-state index in [2.05, 4.69) is 24.1 Å². The largest absolute Gasteiger partial charge is 0.356 e. The molecule has 1 fully saturated rings. The summed E-state index contributed by atoms with van der Waals surface area (Å²) in [6, 6.07) is 5.13. The zero-order valence-electron chi connectivity index (χ0n) is 17.6. The van der Waals surface area contributed by atoms with Gasteiger partial charge in [0.25, 0.3) is 0 Å². The van der Waals surface area contributed by atoms with Gasteiger partial charge in [-0.1, -0.05) is 20.3 Å². The number of amides is 1. The van der Waals surface area contributed by atoms with Gasteiger partial charge in [-0.2, -0.15) is 4.31 Å². The average molecular weight is 421 g/mol. The highest BCUT2D eigenvalue weighted by Gasteiger charge is 2.26. The number of hydrogen-bond acceptors (Lipinski definition) is 4. The average Bonchev–Trinajstić information content (AvgIpc) is 3.02. The van der Waals surface area contributed by atoms with Gasteiger partial charge in [0.1, 0.15) is 5.82 Å². The maximum absolute atomic E-state index is 12.9. The molecule has 8 heteroatoms. The van der Waals surface area contributed by atoms with Crippen LogP contribution in [0.3, 0.4) is 0 Å². The number of hydrogen-bond donors (Lipinski definition) is 1. The van der Waals surface area contributed by atoms with Crippen LogP contribution in [0, 0.1) is 5.92 Å². The number of carbonyl (C=O) groups excluding carboxylic acids is 1. The molecule has 1 N–H and O–H groups in total. The van der Waals surface area contributed by atoms with E-state index in [0.717, 1.165) is 37.0 Å². The molecule has 0 aliphatic carbocycles. The van der Waals surface area contributed by atoms with Gasteiger partial charge in [0.05, 0.1) is 15.9 Å². The Morgan fingerprint density at radius 3 is 2.62 bits per heavy atom. The summed E-state index contributed by atoms with van der Waals surface area (Å²) in [7, 11) is -1.58. The normalized spacial score (nSPS) is 15.9. The van der Waals surface area contributed by atoms with Crippen LogP contribution in [-0.4, -0.2) is 47.8 Å². The van der Waals surface area contributed by atoms with Crippen LogP contribution >= 0.6 is 0 Å². The number of nitrogens with one attached hydrogen (secondary N) is 1. The predicted molar refractivity (Wildman–Crippen MR) is 114 cm³/mol. The number of aryl methyl sites for hydroxylation is 2. The van der Waals surface area contributed by atoms with Crippen LogP contribution in [0.2, 0.25) is 0 Å². The monoisotopic (exact) mass is 420 g/mol. The third-order valence-electron chi connectivity index (χ3n) is 5.52. The van der Waals surface area contributed by atoms with Crippen molar-refractivity contribution in [2.24, 2.45) is 13.0 Å². The molecule has 0 spiro atoms. The molecule has 1 amide bonds. The Hall–Kier alpha value is -1.93. The van der Waals surface area contributed by atoms with E-state index in [0.29, 0.717) is 48.8 Å². The minimum absolute atomic E-state index is 0.0195. The van der Waals surface area contributed by atoms with E-state index in [1.54, 1.807) is 16.4 Å². The van der Waals surface area contributed by atoms with Crippen molar-refractivity contribution >= 4 is 27.0 Å². The summed E-state index contributed by atoms with van der Waals surface area (Å²) in [5, 5.41) is 2.94. The molecular weight excluding hydrogens is 388 g/mol. The Balaban J connectivity index is 1.71. The maximum atomic E-state index is 12.9. The second-order valence-electron chi connectivity index (χ2n) is 8.23. The summed E-state index contributed by atoms with van der Waals surface area (Å²) in [4.78, 5) is 17.0. The van der Waals surface area contributed by atoms with Gasteiger partial charge in [-0.3, -0.25) is 4.79 Å². The maximum Gasteiger partial charge on any atom is 0.243 e. The number of piperidine rings is 1. The van der Waals surface area contributed by atoms with Gasteiger partial charge in [-0.05, 0) is 43.4 Å². The molecule has 2 aromatic rings. The molecule has 0 atom stereocenters. The third-order valence-corrected chi connectivity index (χ3v) is 7.41. The van der Waals surface area contributed by atoms with Crippen LogP contribution < -0.4 is 5.32 Å². The lowest BCUT2D eigenvalue weighted by atomic mass is 10.1. The summed E-state index contributed by atoms with van der Waals surface area (Å²) in [6.07, 6.45) is 4.76. The van der Waals surface area contributed by atoms with E-state index in [1.165, 1.54) is 0 Å². The van der Waals surface area contributed by atoms with Crippen LogP contribution in [0.25, 0.3) is 11.0 Å². The molecule has 2 heterocycles. The van der Waals surface area contributed by atoms with Crippen molar-refractivity contribution in [2.45, 2.75) is 57.3 Å². The highest BCUT2D eigenvalue weighted by Crippen LogP contribution is 2.24. The fourth-order valence-corrected chi connectivity index (χ4v) is 5.22. The molecule has 0 unspecified atom stereocenters. The van der Waals surface area contributed by atoms with Gasteiger partial charge < -0.3 is 9.88 Å². The molecule has 0 saturated carbocycles. The smallest absolute Gasteiger partial charge is 0.243 e. The van der Waals surface area contributed by atoms with Crippen LogP contribution in [0.5, 0.6) is 0 Å². The Kier molecular flexibility index (Phi) is 6.95. The van der Waals surface area contributed by atoms with Gasteiger partial charge in [0.15, 0.2) is 0 Å². The van der Waals surface area contributed by atoms with Crippen LogP contribution in [0.1, 0.15) is 51.8 Å². The van der Waals surface area contributed by atoms with Crippen molar-refractivity contribution < 1.29 is 13.2 Å². The molecule has 0 radical (unpaired) electrons. The summed E-state index contributed by atoms with van der Waals surface area (Å²) >= 11 is 0. The molecule has 1 aliphatic heterocycles. The SMILES string of the molecule is CC(C)CCNC(=O)CCc1nc2cc(S(=O)(=O)N3CCCCC3)ccc2n1C. The zero-order chi connectivity index (χ0) is 21.0. The second kappa shape index (κ2) is 9.26. The highest BCUT2D eigenvalue weighted by atomic mass is 32.2. The van der Waals surface area contributed by atoms with Crippen LogP contribution in [0.15, 0.2) is 23.1 Å². The van der Waals surface area contributed by atoms with Crippen LogP contribution in [0.4, 0.5) is 0 Å². The number of sulfonamides is 1. The topological polar surface area (TPSA) is 84.3 Å². The Labute approximate surface area is 173 Å². The van der Waals surface area contributed by atoms with Gasteiger partial charge in [-0.15, -0.1) is 0 Å². The Morgan fingerprint density at radius 2 is 1.93 bits per heavy atom. The first-order valence-corrected chi connectivity index (χ1v) is 11.9. The fraction of sp³-hybridized carbons (Fsp3) is 0.619. The Bertz CT molecular complexity index is 960. The summed E-state index contributed by atoms with van der Waals surface area (Å²) < 4.78 is 29.4. The Morgan fingerprint density at radius 1 is 1.21 bits per heavy atom. The molecule has 1 aliphatic rings. The molecule has 1 saturated heterocycles. The van der Waals surface area contributed by atoms with E-state index in [-0.39, 0.29) is 5.91 Å². The number of benzene rings is 1. The lowest BCUT2D eigenvalue weighted by molar-refractivity contribution is -0.121. The lowest BCUT2D eigenvalue weighted by Crippen LogP contribution is -2.35. The first kappa shape index (κ1) is 21.8. The number of aromatic nitrogens is 2. The molecular formula is C21H32N4O3S. The number of carbonyl (C=O) groups is 1. The molecule has 29 heavy (non-hydrogen) atoms. The van der Waals surface area contributed by atoms with E-state index >= 15 is 0 Å². The molecule has 7 nitrogen and oxygen atoms in total. The molecule has 1 aromatic carbocycles. The van der Waals surface area contributed by atoms with Gasteiger partial charge >= 0.3 is 0 Å². The van der Waals surface area contributed by atoms with E-state index in [4.69, 9.17) is 0 Å². The van der Waals surface area contributed by atoms with Gasteiger partial charge in [-0.25, -0.2) is 13.4 Å². The summed E-state index contributed by atoms with van der Waals surface area (Å²) in [5.74, 6) is 1.36. The van der Waals surface area contributed by atoms with Crippen molar-refractivity contribution in [3.8, 4) is 0 Å². The van der Waals surface area contributed by atoms with Gasteiger partial charge in [0, 0.05) is 39.5 Å². The van der Waals surface area contributed by atoms with Crippen molar-refractivity contribution in [2.75, 3.05) is 19.6 Å². The predicted octanol–water partition coefficient (Wildman–Crippen LogP) is 2.84. The van der Waals surface area contributed by atoms with Crippen molar-refractivity contribution in [1.29, 1.82) is 0 Å². The standard InChI is InChI=1S/C21H32N4O3S/c1-16(2)11-12-22-21(26)10-9-20-23-18-15-17(7-8-19(18)24(20)3)29(27,28)25-13-5-4-6-14-25/h7-8,15-16H,4-6,9-14H2,1-3H3,(H,22,26). The molecule has 1 aromatic heterocycles. The number of imidazole rings is 1. The van der Waals surface area contributed by atoms with Gasteiger partial charge in [0.2, 0.25) is 15.9 Å². The highest BCUT2D eigenvalue weighted by molar-refractivity contribution is 7.89. The minimum atomic E-state index is -3.48. The quantitative estimate of drug-likeness (QED) is 0.712. The van der Waals surface area contributed by atoms with Crippen LogP contribution in [-0.2, 0) is 28.3 Å².